The van der Waals surface area contributed by atoms with Gasteiger partial charge in [0.1, 0.15) is 11.5 Å². The van der Waals surface area contributed by atoms with Crippen molar-refractivity contribution >= 4 is 21.6 Å². The number of hydrogen-bond acceptors (Lipinski definition) is 1. The molecule has 3 aromatic rings. The van der Waals surface area contributed by atoms with Gasteiger partial charge in [0.25, 0.3) is 0 Å². The van der Waals surface area contributed by atoms with Crippen LogP contribution in [0.2, 0.25) is 0 Å². The normalized spacial score (nSPS) is 11.0. The van der Waals surface area contributed by atoms with Crippen LogP contribution in [0.1, 0.15) is 11.3 Å². The Hall–Kier alpha value is -1.68. The summed E-state index contributed by atoms with van der Waals surface area (Å²) in [6.07, 6.45) is 4.56. The number of aromatic nitrogens is 2. The summed E-state index contributed by atoms with van der Waals surface area (Å²) in [6, 6.07) is 10.5. The third-order valence-electron chi connectivity index (χ3n) is 2.74. The fourth-order valence-electron chi connectivity index (χ4n) is 1.96. The molecule has 90 valence electrons. The first kappa shape index (κ1) is 11.4. The third-order valence-corrected chi connectivity index (χ3v) is 3.21. The third kappa shape index (κ3) is 2.29. The fraction of sp³-hybridized carbons (Fsp3) is 0.0714. The lowest BCUT2D eigenvalue weighted by molar-refractivity contribution is 0.626. The number of rotatable bonds is 2. The largest absolute Gasteiger partial charge is 0.306 e. The summed E-state index contributed by atoms with van der Waals surface area (Å²) in [4.78, 5) is 4.50. The summed E-state index contributed by atoms with van der Waals surface area (Å²) < 4.78 is 16.1. The van der Waals surface area contributed by atoms with Gasteiger partial charge in [-0.05, 0) is 45.8 Å². The van der Waals surface area contributed by atoms with Crippen LogP contribution in [0, 0.1) is 5.82 Å². The first-order chi connectivity index (χ1) is 8.70. The quantitative estimate of drug-likeness (QED) is 0.703. The zero-order valence-corrected chi connectivity index (χ0v) is 11.1. The van der Waals surface area contributed by atoms with Crippen LogP contribution >= 0.6 is 15.9 Å². The van der Waals surface area contributed by atoms with Crippen molar-refractivity contribution in [2.45, 2.75) is 6.42 Å². The number of hydrogen-bond donors (Lipinski definition) is 0. The SMILES string of the molecule is Fc1cccc(Cc2cn3cc(Br)ccc3n2)c1. The first-order valence-electron chi connectivity index (χ1n) is 5.58. The van der Waals surface area contributed by atoms with E-state index < -0.39 is 0 Å². The van der Waals surface area contributed by atoms with Gasteiger partial charge in [-0.15, -0.1) is 0 Å². The summed E-state index contributed by atoms with van der Waals surface area (Å²) in [5, 5.41) is 0. The molecule has 0 spiro atoms. The molecule has 0 amide bonds. The van der Waals surface area contributed by atoms with Crippen LogP contribution in [0.25, 0.3) is 5.65 Å². The molecule has 18 heavy (non-hydrogen) atoms. The molecule has 0 unspecified atom stereocenters. The Morgan fingerprint density at radius 3 is 2.89 bits per heavy atom. The van der Waals surface area contributed by atoms with Crippen molar-refractivity contribution in [3.63, 3.8) is 0 Å². The molecule has 0 saturated heterocycles. The molecular formula is C14H10BrFN2. The molecule has 4 heteroatoms. The number of nitrogens with zero attached hydrogens (tertiary/aromatic N) is 2. The summed E-state index contributed by atoms with van der Waals surface area (Å²) in [6.45, 7) is 0. The van der Waals surface area contributed by atoms with E-state index in [0.717, 1.165) is 21.4 Å². The van der Waals surface area contributed by atoms with E-state index in [1.54, 1.807) is 12.1 Å². The van der Waals surface area contributed by atoms with Gasteiger partial charge in [-0.2, -0.15) is 0 Å². The Balaban J connectivity index is 1.95. The van der Waals surface area contributed by atoms with Gasteiger partial charge in [-0.25, -0.2) is 9.37 Å². The molecule has 0 N–H and O–H groups in total. The predicted octanol–water partition coefficient (Wildman–Crippen LogP) is 3.83. The summed E-state index contributed by atoms with van der Waals surface area (Å²) in [7, 11) is 0. The second-order valence-electron chi connectivity index (χ2n) is 4.15. The van der Waals surface area contributed by atoms with Crippen LogP contribution in [0.4, 0.5) is 4.39 Å². The van der Waals surface area contributed by atoms with E-state index in [1.807, 2.05) is 35.0 Å². The van der Waals surface area contributed by atoms with Crippen molar-refractivity contribution < 1.29 is 4.39 Å². The van der Waals surface area contributed by atoms with Gasteiger partial charge in [-0.1, -0.05) is 12.1 Å². The van der Waals surface area contributed by atoms with E-state index in [9.17, 15) is 4.39 Å². The van der Waals surface area contributed by atoms with Gasteiger partial charge in [0.15, 0.2) is 0 Å². The van der Waals surface area contributed by atoms with Crippen LogP contribution in [0.15, 0.2) is 53.3 Å². The average molecular weight is 305 g/mol. The standard InChI is InChI=1S/C14H10BrFN2/c15-11-4-5-14-17-13(9-18(14)8-11)7-10-2-1-3-12(16)6-10/h1-6,8-9H,7H2. The molecule has 0 radical (unpaired) electrons. The highest BCUT2D eigenvalue weighted by Crippen LogP contribution is 2.15. The molecule has 0 aliphatic rings. The highest BCUT2D eigenvalue weighted by atomic mass is 79.9. The van der Waals surface area contributed by atoms with Crippen molar-refractivity contribution in [3.8, 4) is 0 Å². The molecule has 0 aliphatic heterocycles. The van der Waals surface area contributed by atoms with Gasteiger partial charge in [-0.3, -0.25) is 0 Å². The number of imidazole rings is 1. The van der Waals surface area contributed by atoms with Crippen molar-refractivity contribution in [2.75, 3.05) is 0 Å². The monoisotopic (exact) mass is 304 g/mol. The van der Waals surface area contributed by atoms with E-state index in [1.165, 1.54) is 6.07 Å². The average Bonchev–Trinajstić information content (AvgIpc) is 2.70. The molecule has 0 fully saturated rings. The Bertz CT molecular complexity index is 706. The Morgan fingerprint density at radius 1 is 1.17 bits per heavy atom. The van der Waals surface area contributed by atoms with E-state index >= 15 is 0 Å². The van der Waals surface area contributed by atoms with Crippen molar-refractivity contribution in [1.29, 1.82) is 0 Å². The Morgan fingerprint density at radius 2 is 2.06 bits per heavy atom. The van der Waals surface area contributed by atoms with Crippen LogP contribution in [0.3, 0.4) is 0 Å². The van der Waals surface area contributed by atoms with Gasteiger partial charge in [0.2, 0.25) is 0 Å². The molecule has 2 heterocycles. The summed E-state index contributed by atoms with van der Waals surface area (Å²) in [5.41, 5.74) is 2.75. The molecule has 0 saturated carbocycles. The van der Waals surface area contributed by atoms with Crippen molar-refractivity contribution in [3.05, 3.63) is 70.3 Å². The molecule has 1 aromatic carbocycles. The van der Waals surface area contributed by atoms with Gasteiger partial charge in [0.05, 0.1) is 5.69 Å². The van der Waals surface area contributed by atoms with Crippen LogP contribution in [0.5, 0.6) is 0 Å². The molecule has 0 aliphatic carbocycles. The van der Waals surface area contributed by atoms with Crippen LogP contribution < -0.4 is 0 Å². The molecule has 2 nitrogen and oxygen atoms in total. The number of pyridine rings is 1. The topological polar surface area (TPSA) is 17.3 Å². The van der Waals surface area contributed by atoms with E-state index in [0.29, 0.717) is 6.42 Å². The molecular weight excluding hydrogens is 295 g/mol. The minimum absolute atomic E-state index is 0.209. The van der Waals surface area contributed by atoms with Crippen molar-refractivity contribution in [2.24, 2.45) is 0 Å². The van der Waals surface area contributed by atoms with E-state index in [4.69, 9.17) is 0 Å². The lowest BCUT2D eigenvalue weighted by atomic mass is 10.1. The highest BCUT2D eigenvalue weighted by Gasteiger charge is 2.04. The minimum Gasteiger partial charge on any atom is -0.306 e. The Kier molecular flexibility index (Phi) is 2.88. The second kappa shape index (κ2) is 4.53. The maximum Gasteiger partial charge on any atom is 0.137 e. The van der Waals surface area contributed by atoms with Crippen molar-refractivity contribution in [1.82, 2.24) is 9.38 Å². The van der Waals surface area contributed by atoms with Crippen LogP contribution in [-0.2, 0) is 6.42 Å². The van der Waals surface area contributed by atoms with Gasteiger partial charge < -0.3 is 4.40 Å². The summed E-state index contributed by atoms with van der Waals surface area (Å²) in [5.74, 6) is -0.209. The zero-order chi connectivity index (χ0) is 12.5. The molecule has 2 aromatic heterocycles. The maximum atomic E-state index is 13.1. The number of benzene rings is 1. The zero-order valence-electron chi connectivity index (χ0n) is 9.48. The number of halogens is 2. The molecule has 3 rings (SSSR count). The number of fused-ring (bicyclic) bond motifs is 1. The molecule has 0 atom stereocenters. The smallest absolute Gasteiger partial charge is 0.137 e. The molecule has 0 bridgehead atoms. The van der Waals surface area contributed by atoms with E-state index in [2.05, 4.69) is 20.9 Å². The maximum absolute atomic E-state index is 13.1. The summed E-state index contributed by atoms with van der Waals surface area (Å²) >= 11 is 3.42. The second-order valence-corrected chi connectivity index (χ2v) is 5.07. The first-order valence-corrected chi connectivity index (χ1v) is 6.37. The highest BCUT2D eigenvalue weighted by molar-refractivity contribution is 9.10. The lowest BCUT2D eigenvalue weighted by Gasteiger charge is -1.97. The van der Waals surface area contributed by atoms with Gasteiger partial charge in [0, 0.05) is 23.3 Å². The van der Waals surface area contributed by atoms with Gasteiger partial charge >= 0.3 is 0 Å². The van der Waals surface area contributed by atoms with E-state index in [-0.39, 0.29) is 5.82 Å². The van der Waals surface area contributed by atoms with Crippen LogP contribution in [-0.4, -0.2) is 9.38 Å². The minimum atomic E-state index is -0.209. The lowest BCUT2D eigenvalue weighted by Crippen LogP contribution is -1.88. The fourth-order valence-corrected chi connectivity index (χ4v) is 2.31. The Labute approximate surface area is 112 Å². The predicted molar refractivity (Wildman–Crippen MR) is 72.1 cm³/mol.